The fraction of sp³-hybridized carbons (Fsp3) is 0.364. The monoisotopic (exact) mass is 220 g/mol. The quantitative estimate of drug-likeness (QED) is 0.841. The number of nitrogens with one attached hydrogen (secondary N) is 1. The van der Waals surface area contributed by atoms with Gasteiger partial charge in [-0.25, -0.2) is 0 Å². The molecule has 1 atom stereocenters. The van der Waals surface area contributed by atoms with Crippen molar-refractivity contribution in [1.82, 2.24) is 9.69 Å². The van der Waals surface area contributed by atoms with Crippen molar-refractivity contribution in [1.29, 1.82) is 0 Å². The second kappa shape index (κ2) is 3.79. The van der Waals surface area contributed by atoms with Crippen LogP contribution in [0.1, 0.15) is 6.42 Å². The Kier molecular flexibility index (Phi) is 2.31. The Balaban J connectivity index is 1.90. The first-order valence-electron chi connectivity index (χ1n) is 5.15. The molecule has 0 spiro atoms. The summed E-state index contributed by atoms with van der Waals surface area (Å²) >= 11 is 1.45. The van der Waals surface area contributed by atoms with Crippen LogP contribution in [0, 0.1) is 0 Å². The SMILES string of the molecule is c1ccc2c(OC3CCNC3)snc2c1. The number of aromatic nitrogens is 1. The highest BCUT2D eigenvalue weighted by Crippen LogP contribution is 2.31. The van der Waals surface area contributed by atoms with Gasteiger partial charge in [-0.3, -0.25) is 0 Å². The Morgan fingerprint density at radius 1 is 1.40 bits per heavy atom. The maximum atomic E-state index is 5.92. The standard InChI is InChI=1S/C11H12N2OS/c1-2-4-10-9(3-1)11(15-13-10)14-8-5-6-12-7-8/h1-4,8,12H,5-7H2. The van der Waals surface area contributed by atoms with Crippen LogP contribution in [-0.2, 0) is 0 Å². The highest BCUT2D eigenvalue weighted by atomic mass is 32.1. The zero-order chi connectivity index (χ0) is 10.1. The average molecular weight is 220 g/mol. The lowest BCUT2D eigenvalue weighted by Gasteiger charge is -2.09. The molecule has 1 aromatic carbocycles. The molecule has 1 N–H and O–H groups in total. The van der Waals surface area contributed by atoms with E-state index in [1.54, 1.807) is 0 Å². The molecular formula is C11H12N2OS. The van der Waals surface area contributed by atoms with Crippen LogP contribution in [0.5, 0.6) is 5.06 Å². The zero-order valence-corrected chi connectivity index (χ0v) is 9.09. The summed E-state index contributed by atoms with van der Waals surface area (Å²) in [6.07, 6.45) is 1.40. The largest absolute Gasteiger partial charge is 0.478 e. The van der Waals surface area contributed by atoms with Crippen LogP contribution in [-0.4, -0.2) is 23.6 Å². The third-order valence-corrected chi connectivity index (χ3v) is 3.41. The molecule has 1 fully saturated rings. The number of ether oxygens (including phenoxy) is 1. The first-order chi connectivity index (χ1) is 7.43. The van der Waals surface area contributed by atoms with Gasteiger partial charge in [-0.05, 0) is 25.1 Å². The molecule has 0 saturated carbocycles. The predicted octanol–water partition coefficient (Wildman–Crippen LogP) is 2.04. The molecule has 78 valence electrons. The summed E-state index contributed by atoms with van der Waals surface area (Å²) in [6, 6.07) is 8.11. The third kappa shape index (κ3) is 1.70. The van der Waals surface area contributed by atoms with E-state index in [-0.39, 0.29) is 0 Å². The first kappa shape index (κ1) is 9.12. The maximum Gasteiger partial charge on any atom is 0.201 e. The molecule has 0 bridgehead atoms. The molecule has 0 aliphatic carbocycles. The second-order valence-electron chi connectivity index (χ2n) is 3.72. The molecule has 1 unspecified atom stereocenters. The van der Waals surface area contributed by atoms with Crippen LogP contribution < -0.4 is 10.1 Å². The van der Waals surface area contributed by atoms with Gasteiger partial charge in [0, 0.05) is 18.1 Å². The lowest BCUT2D eigenvalue weighted by Crippen LogP contribution is -2.19. The van der Waals surface area contributed by atoms with Crippen molar-refractivity contribution < 1.29 is 4.74 Å². The van der Waals surface area contributed by atoms with Crippen molar-refractivity contribution in [3.8, 4) is 5.06 Å². The normalized spacial score (nSPS) is 20.9. The molecule has 1 aliphatic heterocycles. The van der Waals surface area contributed by atoms with Crippen molar-refractivity contribution in [2.45, 2.75) is 12.5 Å². The van der Waals surface area contributed by atoms with Crippen molar-refractivity contribution in [2.24, 2.45) is 0 Å². The summed E-state index contributed by atoms with van der Waals surface area (Å²) in [5, 5.41) is 5.38. The summed E-state index contributed by atoms with van der Waals surface area (Å²) in [6.45, 7) is 2.01. The Morgan fingerprint density at radius 3 is 3.20 bits per heavy atom. The topological polar surface area (TPSA) is 34.1 Å². The molecule has 1 saturated heterocycles. The lowest BCUT2D eigenvalue weighted by molar-refractivity contribution is 0.233. The van der Waals surface area contributed by atoms with E-state index in [2.05, 4.69) is 15.8 Å². The van der Waals surface area contributed by atoms with E-state index in [4.69, 9.17) is 4.74 Å². The van der Waals surface area contributed by atoms with Crippen LogP contribution in [0.25, 0.3) is 10.9 Å². The molecule has 1 aromatic heterocycles. The average Bonchev–Trinajstić information content (AvgIpc) is 2.89. The molecule has 0 amide bonds. The van der Waals surface area contributed by atoms with Crippen molar-refractivity contribution in [3.05, 3.63) is 24.3 Å². The van der Waals surface area contributed by atoms with Gasteiger partial charge in [0.2, 0.25) is 5.06 Å². The highest BCUT2D eigenvalue weighted by Gasteiger charge is 2.18. The molecule has 2 aromatic rings. The van der Waals surface area contributed by atoms with Gasteiger partial charge in [0.25, 0.3) is 0 Å². The van der Waals surface area contributed by atoms with E-state index in [1.807, 2.05) is 18.2 Å². The lowest BCUT2D eigenvalue weighted by atomic mass is 10.2. The molecule has 1 aliphatic rings. The summed E-state index contributed by atoms with van der Waals surface area (Å²) in [7, 11) is 0. The molecule has 3 rings (SSSR count). The summed E-state index contributed by atoms with van der Waals surface area (Å²) in [5.41, 5.74) is 1.03. The van der Waals surface area contributed by atoms with Gasteiger partial charge in [-0.15, -0.1) is 0 Å². The molecule has 2 heterocycles. The van der Waals surface area contributed by atoms with Gasteiger partial charge < -0.3 is 10.1 Å². The highest BCUT2D eigenvalue weighted by molar-refractivity contribution is 7.09. The van der Waals surface area contributed by atoms with Gasteiger partial charge in [-0.1, -0.05) is 12.1 Å². The smallest absolute Gasteiger partial charge is 0.201 e. The third-order valence-electron chi connectivity index (χ3n) is 2.64. The number of hydrogen-bond acceptors (Lipinski definition) is 4. The van der Waals surface area contributed by atoms with E-state index in [9.17, 15) is 0 Å². The number of rotatable bonds is 2. The summed E-state index contributed by atoms with van der Waals surface area (Å²) < 4.78 is 10.3. The van der Waals surface area contributed by atoms with Crippen LogP contribution in [0.2, 0.25) is 0 Å². The number of fused-ring (bicyclic) bond motifs is 1. The summed E-state index contributed by atoms with van der Waals surface area (Å²) in [4.78, 5) is 0. The Labute approximate surface area is 92.2 Å². The fourth-order valence-corrected chi connectivity index (χ4v) is 2.62. The first-order valence-corrected chi connectivity index (χ1v) is 5.92. The number of hydrogen-bond donors (Lipinski definition) is 1. The van der Waals surface area contributed by atoms with Gasteiger partial charge >= 0.3 is 0 Å². The van der Waals surface area contributed by atoms with E-state index < -0.39 is 0 Å². The van der Waals surface area contributed by atoms with Crippen molar-refractivity contribution in [2.75, 3.05) is 13.1 Å². The zero-order valence-electron chi connectivity index (χ0n) is 8.27. The Morgan fingerprint density at radius 2 is 2.33 bits per heavy atom. The van der Waals surface area contributed by atoms with Gasteiger partial charge in [-0.2, -0.15) is 4.37 Å². The predicted molar refractivity (Wildman–Crippen MR) is 61.5 cm³/mol. The Hall–Kier alpha value is -1.13. The van der Waals surface area contributed by atoms with Crippen LogP contribution in [0.3, 0.4) is 0 Å². The molecule has 4 heteroatoms. The van der Waals surface area contributed by atoms with E-state index >= 15 is 0 Å². The van der Waals surface area contributed by atoms with Gasteiger partial charge in [0.1, 0.15) is 6.10 Å². The van der Waals surface area contributed by atoms with Crippen molar-refractivity contribution >= 4 is 22.4 Å². The summed E-state index contributed by atoms with van der Waals surface area (Å²) in [5.74, 6) is 0. The number of nitrogens with zero attached hydrogens (tertiary/aromatic N) is 1. The van der Waals surface area contributed by atoms with Crippen LogP contribution in [0.4, 0.5) is 0 Å². The van der Waals surface area contributed by atoms with E-state index in [0.29, 0.717) is 6.10 Å². The second-order valence-corrected chi connectivity index (χ2v) is 4.46. The molecular weight excluding hydrogens is 208 g/mol. The molecule has 15 heavy (non-hydrogen) atoms. The van der Waals surface area contributed by atoms with Crippen LogP contribution in [0.15, 0.2) is 24.3 Å². The maximum absolute atomic E-state index is 5.92. The van der Waals surface area contributed by atoms with E-state index in [0.717, 1.165) is 35.5 Å². The molecule has 0 radical (unpaired) electrons. The minimum atomic E-state index is 0.314. The van der Waals surface area contributed by atoms with Crippen molar-refractivity contribution in [3.63, 3.8) is 0 Å². The minimum Gasteiger partial charge on any atom is -0.478 e. The van der Waals surface area contributed by atoms with Crippen LogP contribution >= 0.6 is 11.5 Å². The van der Waals surface area contributed by atoms with E-state index in [1.165, 1.54) is 11.5 Å². The minimum absolute atomic E-state index is 0.314. The Bertz CT molecular complexity index is 462. The van der Waals surface area contributed by atoms with Gasteiger partial charge in [0.15, 0.2) is 0 Å². The number of benzene rings is 1. The fourth-order valence-electron chi connectivity index (χ4n) is 1.83. The molecule has 3 nitrogen and oxygen atoms in total. The van der Waals surface area contributed by atoms with Gasteiger partial charge in [0.05, 0.1) is 10.9 Å².